The van der Waals surface area contributed by atoms with Crippen LogP contribution in [0, 0.1) is 11.3 Å². The summed E-state index contributed by atoms with van der Waals surface area (Å²) in [5, 5.41) is 19.7. The van der Waals surface area contributed by atoms with Crippen LogP contribution >= 0.6 is 0 Å². The molecular formula is C46H49N9O7. The molecule has 4 aromatic carbocycles. The zero-order valence-corrected chi connectivity index (χ0v) is 34.9. The summed E-state index contributed by atoms with van der Waals surface area (Å²) in [7, 11) is 4.94. The van der Waals surface area contributed by atoms with Crippen LogP contribution in [-0.2, 0) is 26.2 Å². The van der Waals surface area contributed by atoms with Gasteiger partial charge in [0.2, 0.25) is 17.7 Å². The normalized spacial score (nSPS) is 17.0. The molecule has 3 fully saturated rings. The number of nitrogens with one attached hydrogen (secondary N) is 5. The van der Waals surface area contributed by atoms with Crippen LogP contribution in [0.25, 0.3) is 22.2 Å². The van der Waals surface area contributed by atoms with Crippen LogP contribution in [-0.4, -0.2) is 84.7 Å². The van der Waals surface area contributed by atoms with E-state index in [0.29, 0.717) is 58.9 Å². The van der Waals surface area contributed by atoms with Gasteiger partial charge in [-0.2, -0.15) is 0 Å². The number of fused-ring (bicyclic) bond motifs is 1. The van der Waals surface area contributed by atoms with Crippen molar-refractivity contribution in [3.8, 4) is 16.9 Å². The summed E-state index contributed by atoms with van der Waals surface area (Å²) < 4.78 is 9.70. The van der Waals surface area contributed by atoms with Crippen LogP contribution < -0.4 is 41.5 Å². The molecule has 8 rings (SSSR count). The van der Waals surface area contributed by atoms with E-state index in [2.05, 4.69) is 26.2 Å². The number of aryl methyl sites for hydroxylation is 1. The third-order valence-electron chi connectivity index (χ3n) is 12.1. The van der Waals surface area contributed by atoms with Crippen molar-refractivity contribution in [1.82, 2.24) is 19.8 Å². The molecule has 16 nitrogen and oxygen atoms in total. The monoisotopic (exact) mass is 839 g/mol. The highest BCUT2D eigenvalue weighted by Crippen LogP contribution is 2.38. The van der Waals surface area contributed by atoms with E-state index in [-0.39, 0.29) is 47.9 Å². The van der Waals surface area contributed by atoms with Crippen LogP contribution in [0.2, 0.25) is 0 Å². The lowest BCUT2D eigenvalue weighted by molar-refractivity contribution is -0.135. The van der Waals surface area contributed by atoms with E-state index >= 15 is 0 Å². The van der Waals surface area contributed by atoms with Gasteiger partial charge in [-0.3, -0.25) is 43.8 Å². The molecule has 4 heterocycles. The summed E-state index contributed by atoms with van der Waals surface area (Å²) in [5.74, 6) is -0.872. The topological polar surface area (TPSA) is 200 Å². The zero-order valence-electron chi connectivity index (χ0n) is 34.9. The molecule has 320 valence electrons. The lowest BCUT2D eigenvalue weighted by Gasteiger charge is -2.33. The van der Waals surface area contributed by atoms with Gasteiger partial charge in [0.05, 0.1) is 17.6 Å². The first-order valence-electron chi connectivity index (χ1n) is 20.9. The van der Waals surface area contributed by atoms with Crippen molar-refractivity contribution in [2.45, 2.75) is 44.6 Å². The second kappa shape index (κ2) is 17.4. The predicted octanol–water partition coefficient (Wildman–Crippen LogP) is 4.81. The first kappa shape index (κ1) is 41.5. The van der Waals surface area contributed by atoms with Gasteiger partial charge in [-0.1, -0.05) is 12.1 Å². The lowest BCUT2D eigenvalue weighted by Crippen LogP contribution is -2.44. The Morgan fingerprint density at radius 1 is 0.855 bits per heavy atom. The Labute approximate surface area is 357 Å². The van der Waals surface area contributed by atoms with Crippen molar-refractivity contribution >= 4 is 69.0 Å². The van der Waals surface area contributed by atoms with Crippen LogP contribution in [0.5, 0.6) is 5.75 Å². The van der Waals surface area contributed by atoms with Gasteiger partial charge in [0.1, 0.15) is 17.5 Å². The highest BCUT2D eigenvalue weighted by molar-refractivity contribution is 6.48. The van der Waals surface area contributed by atoms with Gasteiger partial charge in [-0.05, 0) is 97.8 Å². The van der Waals surface area contributed by atoms with Gasteiger partial charge in [0.15, 0.2) is 0 Å². The maximum Gasteiger partial charge on any atom is 0.329 e. The summed E-state index contributed by atoms with van der Waals surface area (Å²) in [5.41, 5.74) is 5.66. The SMILES string of the molecule is CNC(=O)c1cccc(NC(=O)C(=N)c2cc(-c3ccc(N4CCCC4=O)cc3OCC3CCN(c4ccc5c(c4)n(C)c(=O)n5C4CCC(=O)NC4=O)CC3)ccc2NC)c1. The molecular weight excluding hydrogens is 791 g/mol. The van der Waals surface area contributed by atoms with Crippen LogP contribution in [0.15, 0.2) is 83.7 Å². The fourth-order valence-electron chi connectivity index (χ4n) is 8.64. The molecule has 0 saturated carbocycles. The van der Waals surface area contributed by atoms with Gasteiger partial charge in [0, 0.05) is 99.1 Å². The molecule has 1 aromatic heterocycles. The highest BCUT2D eigenvalue weighted by Gasteiger charge is 2.32. The molecule has 0 bridgehead atoms. The number of hydrogen-bond acceptors (Lipinski definition) is 10. The summed E-state index contributed by atoms with van der Waals surface area (Å²) in [6.07, 6.45) is 3.40. The summed E-state index contributed by atoms with van der Waals surface area (Å²) in [6, 6.07) is 22.8. The first-order chi connectivity index (χ1) is 29.9. The van der Waals surface area contributed by atoms with Gasteiger partial charge < -0.3 is 30.5 Å². The van der Waals surface area contributed by atoms with E-state index in [0.717, 1.165) is 54.9 Å². The third-order valence-corrected chi connectivity index (χ3v) is 12.1. The zero-order chi connectivity index (χ0) is 43.7. The largest absolute Gasteiger partial charge is 0.493 e. The number of ether oxygens (including phenoxy) is 1. The van der Waals surface area contributed by atoms with E-state index < -0.39 is 17.9 Å². The number of amides is 5. The molecule has 5 N–H and O–H groups in total. The number of imide groups is 1. The van der Waals surface area contributed by atoms with Gasteiger partial charge in [0.25, 0.3) is 11.8 Å². The molecule has 1 atom stereocenters. The van der Waals surface area contributed by atoms with E-state index in [4.69, 9.17) is 10.1 Å². The van der Waals surface area contributed by atoms with Gasteiger partial charge in [-0.15, -0.1) is 0 Å². The van der Waals surface area contributed by atoms with Crippen LogP contribution in [0.4, 0.5) is 22.7 Å². The Morgan fingerprint density at radius 3 is 2.37 bits per heavy atom. The van der Waals surface area contributed by atoms with E-state index in [1.807, 2.05) is 48.5 Å². The molecule has 5 amide bonds. The molecule has 0 spiro atoms. The Balaban J connectivity index is 0.995. The average Bonchev–Trinajstić information content (AvgIpc) is 3.83. The standard InChI is InChI=1S/C46H49N9O7/c1-48-35-13-9-28(23-34(35)42(47)45(60)50-30-7-4-6-29(22-30)43(58)49-2)33-12-10-32(54-19-5-8-41(54)57)25-39(33)62-26-27-17-20-53(21-18-27)31-11-14-36-38(24-31)52(3)46(61)55(36)37-15-16-40(56)51-44(37)59/h4,6-7,9-14,22-25,27,37,47-48H,5,8,15-21,26H2,1-3H3,(H,49,58)(H,50,60)(H,51,56,59). The number of rotatable bonds is 12. The Bertz CT molecular complexity index is 2690. The number of anilines is 4. The maximum absolute atomic E-state index is 13.5. The van der Waals surface area contributed by atoms with Crippen molar-refractivity contribution in [3.05, 3.63) is 100 Å². The molecule has 0 radical (unpaired) electrons. The number of carbonyl (C=O) groups excluding carboxylic acids is 5. The number of nitrogens with zero attached hydrogens (tertiary/aromatic N) is 4. The molecule has 3 aliphatic heterocycles. The second-order valence-electron chi connectivity index (χ2n) is 15.9. The first-order valence-corrected chi connectivity index (χ1v) is 20.9. The summed E-state index contributed by atoms with van der Waals surface area (Å²) in [6.45, 7) is 2.56. The smallest absolute Gasteiger partial charge is 0.329 e. The van der Waals surface area contributed by atoms with E-state index in [1.165, 1.54) is 11.6 Å². The van der Waals surface area contributed by atoms with Crippen molar-refractivity contribution in [1.29, 1.82) is 5.41 Å². The predicted molar refractivity (Wildman–Crippen MR) is 237 cm³/mol. The summed E-state index contributed by atoms with van der Waals surface area (Å²) >= 11 is 0. The van der Waals surface area contributed by atoms with Crippen LogP contribution in [0.1, 0.15) is 60.5 Å². The molecule has 62 heavy (non-hydrogen) atoms. The molecule has 1 unspecified atom stereocenters. The van der Waals surface area contributed by atoms with Gasteiger partial charge >= 0.3 is 5.69 Å². The van der Waals surface area contributed by atoms with E-state index in [1.54, 1.807) is 53.9 Å². The number of aromatic nitrogens is 2. The van der Waals surface area contributed by atoms with Gasteiger partial charge in [-0.25, -0.2) is 4.79 Å². The Hall–Kier alpha value is -7.23. The minimum absolute atomic E-state index is 0.0582. The molecule has 16 heteroatoms. The Morgan fingerprint density at radius 2 is 1.65 bits per heavy atom. The number of imidazole rings is 1. The van der Waals surface area contributed by atoms with Crippen molar-refractivity contribution in [3.63, 3.8) is 0 Å². The third kappa shape index (κ3) is 8.15. The highest BCUT2D eigenvalue weighted by atomic mass is 16.5. The summed E-state index contributed by atoms with van der Waals surface area (Å²) in [4.78, 5) is 80.3. The average molecular weight is 840 g/mol. The fraction of sp³-hybridized carbons (Fsp3) is 0.326. The number of carbonyl (C=O) groups is 5. The number of hydrogen-bond donors (Lipinski definition) is 5. The number of piperidine rings is 2. The van der Waals surface area contributed by atoms with E-state index in [9.17, 15) is 28.8 Å². The molecule has 5 aromatic rings. The molecule has 3 aliphatic rings. The Kier molecular flexibility index (Phi) is 11.6. The number of benzene rings is 4. The minimum Gasteiger partial charge on any atom is -0.493 e. The fourth-order valence-corrected chi connectivity index (χ4v) is 8.64. The minimum atomic E-state index is -0.746. The lowest BCUT2D eigenvalue weighted by atomic mass is 9.96. The van der Waals surface area contributed by atoms with Crippen molar-refractivity contribution in [2.75, 3.05) is 60.8 Å². The van der Waals surface area contributed by atoms with Crippen molar-refractivity contribution in [2.24, 2.45) is 13.0 Å². The second-order valence-corrected chi connectivity index (χ2v) is 15.9. The van der Waals surface area contributed by atoms with Crippen LogP contribution in [0.3, 0.4) is 0 Å². The molecule has 3 saturated heterocycles. The molecule has 0 aliphatic carbocycles. The van der Waals surface area contributed by atoms with Crippen molar-refractivity contribution < 1.29 is 28.7 Å². The maximum atomic E-state index is 13.5. The quantitative estimate of drug-likeness (QED) is 0.0864.